The van der Waals surface area contributed by atoms with Crippen molar-refractivity contribution in [3.63, 3.8) is 0 Å². The van der Waals surface area contributed by atoms with Gasteiger partial charge in [-0.1, -0.05) is 0 Å². The van der Waals surface area contributed by atoms with Crippen LogP contribution in [0.25, 0.3) is 11.3 Å². The van der Waals surface area contributed by atoms with Crippen molar-refractivity contribution in [3.8, 4) is 11.3 Å². The first kappa shape index (κ1) is 19.8. The minimum atomic E-state index is -0.446. The molecule has 4 rings (SSSR count). The first-order valence-corrected chi connectivity index (χ1v) is 10.1. The van der Waals surface area contributed by atoms with Gasteiger partial charge in [0, 0.05) is 53.0 Å². The molecule has 8 nitrogen and oxygen atoms in total. The van der Waals surface area contributed by atoms with Crippen molar-refractivity contribution in [1.82, 2.24) is 20.1 Å². The third kappa shape index (κ3) is 3.94. The lowest BCUT2D eigenvalue weighted by molar-refractivity contribution is -0.385. The highest BCUT2D eigenvalue weighted by Crippen LogP contribution is 2.30. The maximum absolute atomic E-state index is 12.5. The summed E-state index contributed by atoms with van der Waals surface area (Å²) in [6, 6.07) is 8.35. The molecular formula is C22H23N5O3. The average molecular weight is 405 g/mol. The van der Waals surface area contributed by atoms with E-state index < -0.39 is 4.92 Å². The maximum Gasteiger partial charge on any atom is 0.272 e. The van der Waals surface area contributed by atoms with Crippen LogP contribution in [0.15, 0.2) is 42.7 Å². The minimum absolute atomic E-state index is 0.0124. The van der Waals surface area contributed by atoms with Crippen LogP contribution in [-0.4, -0.2) is 32.1 Å². The molecule has 0 spiro atoms. The molecule has 1 aromatic carbocycles. The molecule has 1 aliphatic rings. The molecule has 1 amide bonds. The number of rotatable bonds is 6. The SMILES string of the molecule is Cc1cc(C(=O)NCCn2nc(-c3ccncc3)c3c2CCCC3)ccc1[N+](=O)[O-]. The van der Waals surface area contributed by atoms with E-state index in [9.17, 15) is 14.9 Å². The molecule has 2 aromatic heterocycles. The quantitative estimate of drug-likeness (QED) is 0.500. The molecule has 0 saturated carbocycles. The Morgan fingerprint density at radius 2 is 1.97 bits per heavy atom. The number of pyridine rings is 1. The molecule has 8 heteroatoms. The molecule has 0 aliphatic heterocycles. The summed E-state index contributed by atoms with van der Waals surface area (Å²) >= 11 is 0. The molecule has 30 heavy (non-hydrogen) atoms. The Hall–Kier alpha value is -3.55. The molecule has 0 saturated heterocycles. The van der Waals surface area contributed by atoms with Gasteiger partial charge in [-0.3, -0.25) is 24.6 Å². The zero-order valence-electron chi connectivity index (χ0n) is 16.8. The van der Waals surface area contributed by atoms with Crippen molar-refractivity contribution in [2.75, 3.05) is 6.54 Å². The van der Waals surface area contributed by atoms with Crippen LogP contribution in [0.2, 0.25) is 0 Å². The number of benzene rings is 1. The largest absolute Gasteiger partial charge is 0.350 e. The lowest BCUT2D eigenvalue weighted by Crippen LogP contribution is -2.28. The molecule has 0 bridgehead atoms. The van der Waals surface area contributed by atoms with Crippen molar-refractivity contribution in [3.05, 3.63) is 75.2 Å². The lowest BCUT2D eigenvalue weighted by Gasteiger charge is -2.14. The van der Waals surface area contributed by atoms with Crippen molar-refractivity contribution in [1.29, 1.82) is 0 Å². The summed E-state index contributed by atoms with van der Waals surface area (Å²) in [4.78, 5) is 27.1. The molecule has 0 radical (unpaired) electrons. The molecule has 154 valence electrons. The van der Waals surface area contributed by atoms with E-state index in [4.69, 9.17) is 5.10 Å². The first-order chi connectivity index (χ1) is 14.5. The van der Waals surface area contributed by atoms with Gasteiger partial charge in [-0.2, -0.15) is 5.10 Å². The summed E-state index contributed by atoms with van der Waals surface area (Å²) in [5.74, 6) is -0.247. The van der Waals surface area contributed by atoms with Crippen LogP contribution >= 0.6 is 0 Å². The van der Waals surface area contributed by atoms with Gasteiger partial charge in [0.1, 0.15) is 0 Å². The molecule has 0 atom stereocenters. The molecule has 3 aromatic rings. The fourth-order valence-corrected chi connectivity index (χ4v) is 3.98. The molecule has 1 N–H and O–H groups in total. The first-order valence-electron chi connectivity index (χ1n) is 10.1. The van der Waals surface area contributed by atoms with E-state index in [1.165, 1.54) is 23.4 Å². The number of aryl methyl sites for hydroxylation is 1. The summed E-state index contributed by atoms with van der Waals surface area (Å²) in [5.41, 5.74) is 5.50. The number of hydrogen-bond donors (Lipinski definition) is 1. The van der Waals surface area contributed by atoms with E-state index >= 15 is 0 Å². The summed E-state index contributed by atoms with van der Waals surface area (Å²) < 4.78 is 2.01. The summed E-state index contributed by atoms with van der Waals surface area (Å²) in [5, 5.41) is 18.7. The molecular weight excluding hydrogens is 382 g/mol. The van der Waals surface area contributed by atoms with E-state index in [-0.39, 0.29) is 11.6 Å². The van der Waals surface area contributed by atoms with Gasteiger partial charge >= 0.3 is 0 Å². The third-order valence-electron chi connectivity index (χ3n) is 5.48. The Bertz CT molecular complexity index is 1090. The number of nitrogens with zero attached hydrogens (tertiary/aromatic N) is 4. The number of carbonyl (C=O) groups excluding carboxylic acids is 1. The van der Waals surface area contributed by atoms with Gasteiger partial charge in [0.2, 0.25) is 0 Å². The highest BCUT2D eigenvalue weighted by Gasteiger charge is 2.21. The fraction of sp³-hybridized carbons (Fsp3) is 0.318. The second kappa shape index (κ2) is 8.44. The number of aromatic nitrogens is 3. The maximum atomic E-state index is 12.5. The van der Waals surface area contributed by atoms with Crippen LogP contribution in [0.1, 0.15) is 40.0 Å². The predicted octanol–water partition coefficient (Wildman–Crippen LogP) is 3.47. The molecule has 2 heterocycles. The zero-order valence-corrected chi connectivity index (χ0v) is 16.8. The Morgan fingerprint density at radius 1 is 1.20 bits per heavy atom. The van der Waals surface area contributed by atoms with Gasteiger partial charge in [-0.05, 0) is 56.9 Å². The number of carbonyl (C=O) groups is 1. The van der Waals surface area contributed by atoms with E-state index in [0.717, 1.165) is 36.9 Å². The standard InChI is InChI=1S/C22H23N5O3/c1-15-14-17(6-7-19(15)27(29)30)22(28)24-12-13-26-20-5-3-2-4-18(20)21(25-26)16-8-10-23-11-9-16/h6-11,14H,2-5,12-13H2,1H3,(H,24,28). The molecule has 0 fully saturated rings. The van der Waals surface area contributed by atoms with Crippen molar-refractivity contribution >= 4 is 11.6 Å². The van der Waals surface area contributed by atoms with Crippen molar-refractivity contribution in [2.45, 2.75) is 39.2 Å². The second-order valence-corrected chi connectivity index (χ2v) is 7.45. The van der Waals surface area contributed by atoms with E-state index in [1.54, 1.807) is 25.4 Å². The highest BCUT2D eigenvalue weighted by atomic mass is 16.6. The third-order valence-corrected chi connectivity index (χ3v) is 5.48. The van der Waals surface area contributed by atoms with Crippen LogP contribution in [-0.2, 0) is 19.4 Å². The number of amides is 1. The predicted molar refractivity (Wildman–Crippen MR) is 112 cm³/mol. The Labute approximate surface area is 174 Å². The Kier molecular flexibility index (Phi) is 5.56. The normalized spacial score (nSPS) is 13.0. The van der Waals surface area contributed by atoms with E-state index in [1.807, 2.05) is 16.8 Å². The fourth-order valence-electron chi connectivity index (χ4n) is 3.98. The van der Waals surface area contributed by atoms with Crippen LogP contribution in [0.5, 0.6) is 0 Å². The van der Waals surface area contributed by atoms with Crippen LogP contribution in [0.3, 0.4) is 0 Å². The molecule has 1 aliphatic carbocycles. The van der Waals surface area contributed by atoms with Crippen molar-refractivity contribution < 1.29 is 9.72 Å². The van der Waals surface area contributed by atoms with Gasteiger partial charge in [-0.25, -0.2) is 0 Å². The second-order valence-electron chi connectivity index (χ2n) is 7.45. The number of hydrogen-bond acceptors (Lipinski definition) is 5. The smallest absolute Gasteiger partial charge is 0.272 e. The number of nitrogens with one attached hydrogen (secondary N) is 1. The summed E-state index contributed by atoms with van der Waals surface area (Å²) in [7, 11) is 0. The van der Waals surface area contributed by atoms with Crippen LogP contribution < -0.4 is 5.32 Å². The number of fused-ring (bicyclic) bond motifs is 1. The number of nitro benzene ring substituents is 1. The minimum Gasteiger partial charge on any atom is -0.350 e. The Morgan fingerprint density at radius 3 is 2.70 bits per heavy atom. The zero-order chi connectivity index (χ0) is 21.1. The highest BCUT2D eigenvalue weighted by molar-refractivity contribution is 5.94. The van der Waals surface area contributed by atoms with Gasteiger partial charge in [0.15, 0.2) is 0 Å². The van der Waals surface area contributed by atoms with Crippen LogP contribution in [0.4, 0.5) is 5.69 Å². The van der Waals surface area contributed by atoms with Crippen LogP contribution in [0, 0.1) is 17.0 Å². The monoisotopic (exact) mass is 405 g/mol. The van der Waals surface area contributed by atoms with E-state index in [0.29, 0.717) is 24.2 Å². The summed E-state index contributed by atoms with van der Waals surface area (Å²) in [6.07, 6.45) is 7.85. The Balaban J connectivity index is 1.47. The van der Waals surface area contributed by atoms with Gasteiger partial charge in [0.25, 0.3) is 11.6 Å². The van der Waals surface area contributed by atoms with Gasteiger partial charge in [-0.15, -0.1) is 0 Å². The molecule has 0 unspecified atom stereocenters. The van der Waals surface area contributed by atoms with Crippen molar-refractivity contribution in [2.24, 2.45) is 0 Å². The number of nitro groups is 1. The average Bonchev–Trinajstić information content (AvgIpc) is 3.13. The van der Waals surface area contributed by atoms with Gasteiger partial charge < -0.3 is 5.32 Å². The lowest BCUT2D eigenvalue weighted by atomic mass is 9.94. The van der Waals surface area contributed by atoms with E-state index in [2.05, 4.69) is 10.3 Å². The topological polar surface area (TPSA) is 103 Å². The summed E-state index contributed by atoms with van der Waals surface area (Å²) in [6.45, 7) is 2.63. The van der Waals surface area contributed by atoms with Gasteiger partial charge in [0.05, 0.1) is 17.2 Å².